The molecule has 2 aliphatic carbocycles. The van der Waals surface area contributed by atoms with E-state index in [-0.39, 0.29) is 35.1 Å². The second-order valence-corrected chi connectivity index (χ2v) is 10.7. The Balaban J connectivity index is 1.38. The van der Waals surface area contributed by atoms with Crippen molar-refractivity contribution in [1.29, 1.82) is 0 Å². The third kappa shape index (κ3) is 4.38. The first-order valence-corrected chi connectivity index (χ1v) is 12.4. The number of hydrogen-bond donors (Lipinski definition) is 0. The van der Waals surface area contributed by atoms with Crippen molar-refractivity contribution in [2.45, 2.75) is 71.1 Å². The average Bonchev–Trinajstić information content (AvgIpc) is 3.47. The topological polar surface area (TPSA) is 80.5 Å². The number of ketones is 3. The number of allylic oxidation sites excluding steroid dienone is 2. The van der Waals surface area contributed by atoms with Crippen LogP contribution in [-0.4, -0.2) is 40.5 Å². The maximum atomic E-state index is 13.4. The molecule has 0 saturated carbocycles. The van der Waals surface area contributed by atoms with Crippen molar-refractivity contribution in [3.8, 4) is 0 Å². The maximum Gasteiger partial charge on any atom is 0.168 e. The van der Waals surface area contributed by atoms with Crippen LogP contribution >= 0.6 is 0 Å². The second-order valence-electron chi connectivity index (χ2n) is 10.7. The minimum absolute atomic E-state index is 0.0337. The molecule has 5 rings (SSSR count). The van der Waals surface area contributed by atoms with Crippen LogP contribution in [0.3, 0.4) is 0 Å². The summed E-state index contributed by atoms with van der Waals surface area (Å²) in [7, 11) is 0. The van der Waals surface area contributed by atoms with E-state index in [1.165, 1.54) is 0 Å². The third-order valence-corrected chi connectivity index (χ3v) is 7.46. The molecule has 6 heteroatoms. The standard InChI is InChI=1S/C28H32N2O4/c1-28(2)16-24(33)26-20(29-34-25(26)17-28)10-11-22(31)27-21(30-12-6-7-13-30)14-19(15-23(27)32)18-8-4-3-5-9-18/h3-5,8-9,19H,6-7,10-17H2,1-2H3. The van der Waals surface area contributed by atoms with Gasteiger partial charge in [0.05, 0.1) is 16.8 Å². The van der Waals surface area contributed by atoms with Gasteiger partial charge in [-0.05, 0) is 36.2 Å². The Kier molecular flexibility index (Phi) is 6.00. The lowest BCUT2D eigenvalue weighted by atomic mass is 9.75. The van der Waals surface area contributed by atoms with Crippen molar-refractivity contribution in [1.82, 2.24) is 10.1 Å². The molecule has 1 atom stereocenters. The molecular formula is C28H32N2O4. The highest BCUT2D eigenvalue weighted by molar-refractivity contribution is 6.21. The lowest BCUT2D eigenvalue weighted by Crippen LogP contribution is -2.32. The van der Waals surface area contributed by atoms with Gasteiger partial charge in [0.25, 0.3) is 0 Å². The van der Waals surface area contributed by atoms with E-state index in [9.17, 15) is 14.4 Å². The molecule has 1 saturated heterocycles. The summed E-state index contributed by atoms with van der Waals surface area (Å²) in [6.07, 6.45) is 4.82. The molecule has 1 aromatic carbocycles. The van der Waals surface area contributed by atoms with Gasteiger partial charge >= 0.3 is 0 Å². The van der Waals surface area contributed by atoms with Crippen LogP contribution in [0.15, 0.2) is 46.1 Å². The van der Waals surface area contributed by atoms with Crippen molar-refractivity contribution in [2.24, 2.45) is 5.41 Å². The molecule has 0 spiro atoms. The Morgan fingerprint density at radius 3 is 2.53 bits per heavy atom. The fourth-order valence-corrected chi connectivity index (χ4v) is 5.79. The number of aryl methyl sites for hydroxylation is 1. The summed E-state index contributed by atoms with van der Waals surface area (Å²) in [4.78, 5) is 41.7. The monoisotopic (exact) mass is 460 g/mol. The Bertz CT molecular complexity index is 1150. The van der Waals surface area contributed by atoms with Gasteiger partial charge in [0.15, 0.2) is 17.3 Å². The van der Waals surface area contributed by atoms with E-state index < -0.39 is 0 Å². The summed E-state index contributed by atoms with van der Waals surface area (Å²) in [5.41, 5.74) is 3.40. The van der Waals surface area contributed by atoms with Gasteiger partial charge in [-0.15, -0.1) is 0 Å². The molecule has 0 radical (unpaired) electrons. The molecule has 0 amide bonds. The predicted octanol–water partition coefficient (Wildman–Crippen LogP) is 4.83. The van der Waals surface area contributed by atoms with Gasteiger partial charge in [-0.1, -0.05) is 49.3 Å². The van der Waals surface area contributed by atoms with Crippen LogP contribution in [0.25, 0.3) is 0 Å². The molecule has 1 unspecified atom stereocenters. The average molecular weight is 461 g/mol. The first-order valence-electron chi connectivity index (χ1n) is 12.4. The van der Waals surface area contributed by atoms with Crippen LogP contribution < -0.4 is 0 Å². The SMILES string of the molecule is CC1(C)CC(=O)c2c(CCC(=O)C3=C(N4CCCC4)CC(c4ccccc4)CC3=O)noc2C1. The molecule has 34 heavy (non-hydrogen) atoms. The number of Topliss-reactive ketones (excluding diaryl/α,β-unsaturated/α-hetero) is 3. The number of rotatable bonds is 6. The molecule has 1 fully saturated rings. The van der Waals surface area contributed by atoms with Crippen LogP contribution in [-0.2, 0) is 22.4 Å². The van der Waals surface area contributed by atoms with Crippen molar-refractivity contribution in [3.63, 3.8) is 0 Å². The molecule has 1 aliphatic heterocycles. The zero-order valence-electron chi connectivity index (χ0n) is 20.1. The van der Waals surface area contributed by atoms with Crippen molar-refractivity contribution in [3.05, 3.63) is 64.2 Å². The molecule has 0 bridgehead atoms. The first-order chi connectivity index (χ1) is 16.3. The van der Waals surface area contributed by atoms with E-state index in [0.29, 0.717) is 54.7 Å². The minimum atomic E-state index is -0.143. The third-order valence-electron chi connectivity index (χ3n) is 7.46. The fraction of sp³-hybridized carbons (Fsp3) is 0.500. The van der Waals surface area contributed by atoms with Crippen molar-refractivity contribution in [2.75, 3.05) is 13.1 Å². The Morgan fingerprint density at radius 1 is 1.06 bits per heavy atom. The highest BCUT2D eigenvalue weighted by atomic mass is 16.5. The van der Waals surface area contributed by atoms with Gasteiger partial charge in [0, 0.05) is 50.9 Å². The summed E-state index contributed by atoms with van der Waals surface area (Å²) in [5, 5.41) is 4.14. The Labute approximate surface area is 200 Å². The molecule has 6 nitrogen and oxygen atoms in total. The Morgan fingerprint density at radius 2 is 1.79 bits per heavy atom. The van der Waals surface area contributed by atoms with Gasteiger partial charge < -0.3 is 9.42 Å². The number of carbonyl (C=O) groups excluding carboxylic acids is 3. The first kappa shape index (κ1) is 22.8. The maximum absolute atomic E-state index is 13.4. The summed E-state index contributed by atoms with van der Waals surface area (Å²) in [6, 6.07) is 10.1. The molecule has 0 N–H and O–H groups in total. The van der Waals surface area contributed by atoms with Crippen LogP contribution in [0, 0.1) is 5.41 Å². The summed E-state index contributed by atoms with van der Waals surface area (Å²) in [5.74, 6) is 0.557. The lowest BCUT2D eigenvalue weighted by Gasteiger charge is -2.32. The van der Waals surface area contributed by atoms with E-state index in [4.69, 9.17) is 4.52 Å². The van der Waals surface area contributed by atoms with E-state index in [0.717, 1.165) is 37.2 Å². The van der Waals surface area contributed by atoms with E-state index >= 15 is 0 Å². The van der Waals surface area contributed by atoms with Crippen molar-refractivity contribution < 1.29 is 18.9 Å². The highest BCUT2D eigenvalue weighted by Gasteiger charge is 2.38. The normalized spacial score (nSPS) is 22.3. The second kappa shape index (κ2) is 8.97. The summed E-state index contributed by atoms with van der Waals surface area (Å²) < 4.78 is 5.49. The number of carbonyl (C=O) groups is 3. The number of likely N-dealkylation sites (tertiary alicyclic amines) is 1. The van der Waals surface area contributed by atoms with Gasteiger partial charge in [-0.3, -0.25) is 14.4 Å². The van der Waals surface area contributed by atoms with Crippen LogP contribution in [0.4, 0.5) is 0 Å². The van der Waals surface area contributed by atoms with Crippen molar-refractivity contribution >= 4 is 17.3 Å². The lowest BCUT2D eigenvalue weighted by molar-refractivity contribution is -0.122. The van der Waals surface area contributed by atoms with E-state index in [1.807, 2.05) is 32.0 Å². The molecule has 2 heterocycles. The Hall–Kier alpha value is -3.02. The predicted molar refractivity (Wildman–Crippen MR) is 128 cm³/mol. The molecule has 178 valence electrons. The van der Waals surface area contributed by atoms with E-state index in [2.05, 4.69) is 22.2 Å². The molecule has 3 aliphatic rings. The van der Waals surface area contributed by atoms with Crippen LogP contribution in [0.5, 0.6) is 0 Å². The number of fused-ring (bicyclic) bond motifs is 1. The quantitative estimate of drug-likeness (QED) is 0.575. The smallest absolute Gasteiger partial charge is 0.168 e. The van der Waals surface area contributed by atoms with Crippen LogP contribution in [0.1, 0.15) is 85.7 Å². The number of nitrogens with zero attached hydrogens (tertiary/aromatic N) is 2. The summed E-state index contributed by atoms with van der Waals surface area (Å²) >= 11 is 0. The number of hydrogen-bond acceptors (Lipinski definition) is 6. The largest absolute Gasteiger partial charge is 0.374 e. The summed E-state index contributed by atoms with van der Waals surface area (Å²) in [6.45, 7) is 5.87. The number of aromatic nitrogens is 1. The van der Waals surface area contributed by atoms with Gasteiger partial charge in [-0.25, -0.2) is 0 Å². The molecule has 2 aromatic rings. The molecule has 1 aromatic heterocycles. The minimum Gasteiger partial charge on any atom is -0.374 e. The van der Waals surface area contributed by atoms with Gasteiger partial charge in [-0.2, -0.15) is 0 Å². The number of benzene rings is 1. The zero-order chi connectivity index (χ0) is 23.9. The zero-order valence-corrected chi connectivity index (χ0v) is 20.1. The van der Waals surface area contributed by atoms with Crippen LogP contribution in [0.2, 0.25) is 0 Å². The van der Waals surface area contributed by atoms with Gasteiger partial charge in [0.2, 0.25) is 0 Å². The molecular weight excluding hydrogens is 428 g/mol. The highest BCUT2D eigenvalue weighted by Crippen LogP contribution is 2.39. The van der Waals surface area contributed by atoms with E-state index in [1.54, 1.807) is 0 Å². The van der Waals surface area contributed by atoms with Gasteiger partial charge in [0.1, 0.15) is 5.76 Å². The fourth-order valence-electron chi connectivity index (χ4n) is 5.79.